The molecule has 1 aliphatic carbocycles. The lowest BCUT2D eigenvalue weighted by molar-refractivity contribution is 0.0468. The molecular weight excluding hydrogens is 428 g/mol. The highest BCUT2D eigenvalue weighted by atomic mass is 32.1. The Morgan fingerprint density at radius 1 is 1.06 bits per heavy atom. The van der Waals surface area contributed by atoms with Crippen LogP contribution in [0.25, 0.3) is 21.5 Å². The lowest BCUT2D eigenvalue weighted by Crippen LogP contribution is -2.29. The molecule has 0 fully saturated rings. The molecule has 0 N–H and O–H groups in total. The van der Waals surface area contributed by atoms with E-state index in [4.69, 9.17) is 9.72 Å². The van der Waals surface area contributed by atoms with Gasteiger partial charge in [-0.3, -0.25) is 4.98 Å². The second-order valence-electron chi connectivity index (χ2n) is 9.82. The Balaban J connectivity index is 1.44. The number of carbonyl (C=O) groups is 1. The van der Waals surface area contributed by atoms with E-state index in [1.807, 2.05) is 60.0 Å². The Morgan fingerprint density at radius 2 is 1.82 bits per heavy atom. The van der Waals surface area contributed by atoms with Gasteiger partial charge in [-0.25, -0.2) is 9.78 Å². The summed E-state index contributed by atoms with van der Waals surface area (Å²) in [5.41, 5.74) is 5.67. The Hall–Kier alpha value is -3.05. The van der Waals surface area contributed by atoms with Crippen molar-refractivity contribution in [2.75, 3.05) is 0 Å². The van der Waals surface area contributed by atoms with Gasteiger partial charge in [-0.15, -0.1) is 11.3 Å². The Bertz CT molecular complexity index is 1300. The summed E-state index contributed by atoms with van der Waals surface area (Å²) in [4.78, 5) is 23.0. The molecule has 0 saturated carbocycles. The number of hydrogen-bond donors (Lipinski definition) is 0. The molecule has 1 atom stereocenters. The fourth-order valence-corrected chi connectivity index (χ4v) is 5.47. The minimum absolute atomic E-state index is 0.163. The maximum atomic E-state index is 13.5. The molecule has 2 aromatic carbocycles. The monoisotopic (exact) mass is 456 g/mol. The molecule has 2 aromatic heterocycles. The van der Waals surface area contributed by atoms with Gasteiger partial charge in [0.25, 0.3) is 0 Å². The molecule has 2 heterocycles. The van der Waals surface area contributed by atoms with E-state index in [0.717, 1.165) is 57.7 Å². The third kappa shape index (κ3) is 4.42. The zero-order valence-corrected chi connectivity index (χ0v) is 20.1. The van der Waals surface area contributed by atoms with E-state index in [2.05, 4.69) is 25.8 Å². The highest BCUT2D eigenvalue weighted by molar-refractivity contribution is 7.13. The van der Waals surface area contributed by atoms with E-state index in [9.17, 15) is 4.79 Å². The average Bonchev–Trinajstić information content (AvgIpc) is 3.30. The van der Waals surface area contributed by atoms with Crippen molar-refractivity contribution in [1.82, 2.24) is 9.97 Å². The summed E-state index contributed by atoms with van der Waals surface area (Å²) in [5.74, 6) is 0.222. The number of ether oxygens (including phenoxy) is 1. The van der Waals surface area contributed by atoms with E-state index in [0.29, 0.717) is 11.5 Å². The van der Waals surface area contributed by atoms with Gasteiger partial charge < -0.3 is 4.74 Å². The molecule has 5 rings (SSSR count). The van der Waals surface area contributed by atoms with Gasteiger partial charge in [-0.1, -0.05) is 69.3 Å². The molecule has 1 aliphatic rings. The summed E-state index contributed by atoms with van der Waals surface area (Å²) >= 11 is 1.57. The molecule has 0 saturated heterocycles. The van der Waals surface area contributed by atoms with Crippen molar-refractivity contribution in [2.24, 2.45) is 11.3 Å². The molecule has 0 radical (unpaired) electrons. The topological polar surface area (TPSA) is 52.1 Å². The molecule has 0 amide bonds. The number of aromatic nitrogens is 2. The number of thiazole rings is 1. The molecule has 0 spiro atoms. The van der Waals surface area contributed by atoms with E-state index in [1.54, 1.807) is 11.3 Å². The molecule has 33 heavy (non-hydrogen) atoms. The second kappa shape index (κ2) is 8.71. The van der Waals surface area contributed by atoms with Gasteiger partial charge in [0, 0.05) is 22.0 Å². The van der Waals surface area contributed by atoms with Crippen LogP contribution in [0.4, 0.5) is 0 Å². The average molecular weight is 457 g/mol. The number of benzene rings is 2. The molecule has 0 aliphatic heterocycles. The fourth-order valence-electron chi connectivity index (χ4n) is 4.66. The SMILES string of the molecule is CC(C)(C)[C@@H]1CCc2nc3ccccc3c(C(=O)OCc3csc(-c4ccccc4)n3)c2C1. The normalized spacial score (nSPS) is 15.9. The first-order valence-corrected chi connectivity index (χ1v) is 12.4. The van der Waals surface area contributed by atoms with Crippen molar-refractivity contribution in [3.05, 3.63) is 82.5 Å². The predicted octanol–water partition coefficient (Wildman–Crippen LogP) is 6.87. The van der Waals surface area contributed by atoms with Gasteiger partial charge in [0.2, 0.25) is 0 Å². The third-order valence-electron chi connectivity index (χ3n) is 6.61. The van der Waals surface area contributed by atoms with Crippen LogP contribution in [0.3, 0.4) is 0 Å². The molecular formula is C28H28N2O2S. The van der Waals surface area contributed by atoms with Crippen molar-refractivity contribution in [2.45, 2.75) is 46.6 Å². The zero-order chi connectivity index (χ0) is 23.0. The maximum absolute atomic E-state index is 13.5. The van der Waals surface area contributed by atoms with Crippen LogP contribution in [0, 0.1) is 11.3 Å². The molecule has 0 unspecified atom stereocenters. The van der Waals surface area contributed by atoms with Crippen LogP contribution in [0.2, 0.25) is 0 Å². The number of rotatable bonds is 4. The minimum Gasteiger partial charge on any atom is -0.456 e. The number of hydrogen-bond acceptors (Lipinski definition) is 5. The van der Waals surface area contributed by atoms with Gasteiger partial charge >= 0.3 is 5.97 Å². The first kappa shape index (κ1) is 21.8. The number of esters is 1. The molecule has 4 nitrogen and oxygen atoms in total. The highest BCUT2D eigenvalue weighted by Gasteiger charge is 2.33. The van der Waals surface area contributed by atoms with Gasteiger partial charge in [-0.05, 0) is 42.2 Å². The molecule has 0 bridgehead atoms. The van der Waals surface area contributed by atoms with E-state index in [1.165, 1.54) is 0 Å². The second-order valence-corrected chi connectivity index (χ2v) is 10.7. The summed E-state index contributed by atoms with van der Waals surface area (Å²) in [6.07, 6.45) is 2.85. The van der Waals surface area contributed by atoms with Gasteiger partial charge in [-0.2, -0.15) is 0 Å². The summed E-state index contributed by atoms with van der Waals surface area (Å²) in [6.45, 7) is 7.00. The molecule has 5 heteroatoms. The Morgan fingerprint density at radius 3 is 2.61 bits per heavy atom. The third-order valence-corrected chi connectivity index (χ3v) is 7.55. The van der Waals surface area contributed by atoms with Crippen LogP contribution in [-0.4, -0.2) is 15.9 Å². The lowest BCUT2D eigenvalue weighted by atomic mass is 9.70. The summed E-state index contributed by atoms with van der Waals surface area (Å²) in [7, 11) is 0. The Kier molecular flexibility index (Phi) is 5.75. The van der Waals surface area contributed by atoms with E-state index in [-0.39, 0.29) is 18.0 Å². The van der Waals surface area contributed by atoms with Crippen LogP contribution in [-0.2, 0) is 24.2 Å². The van der Waals surface area contributed by atoms with Crippen LogP contribution >= 0.6 is 11.3 Å². The van der Waals surface area contributed by atoms with Crippen molar-refractivity contribution in [1.29, 1.82) is 0 Å². The summed E-state index contributed by atoms with van der Waals surface area (Å²) in [6, 6.07) is 18.0. The number of fused-ring (bicyclic) bond motifs is 2. The van der Waals surface area contributed by atoms with Crippen LogP contribution in [0.1, 0.15) is 54.5 Å². The van der Waals surface area contributed by atoms with Crippen LogP contribution in [0.5, 0.6) is 0 Å². The minimum atomic E-state index is -0.284. The summed E-state index contributed by atoms with van der Waals surface area (Å²) in [5, 5.41) is 3.77. The fraction of sp³-hybridized carbons (Fsp3) is 0.321. The van der Waals surface area contributed by atoms with Gasteiger partial charge in [0.1, 0.15) is 11.6 Å². The van der Waals surface area contributed by atoms with Crippen molar-refractivity contribution < 1.29 is 9.53 Å². The summed E-state index contributed by atoms with van der Waals surface area (Å²) < 4.78 is 5.84. The van der Waals surface area contributed by atoms with Gasteiger partial charge in [0.15, 0.2) is 0 Å². The van der Waals surface area contributed by atoms with Crippen molar-refractivity contribution in [3.8, 4) is 10.6 Å². The predicted molar refractivity (Wildman–Crippen MR) is 133 cm³/mol. The smallest absolute Gasteiger partial charge is 0.339 e. The van der Waals surface area contributed by atoms with Crippen LogP contribution in [0.15, 0.2) is 60.0 Å². The largest absolute Gasteiger partial charge is 0.456 e. The number of para-hydroxylation sites is 1. The van der Waals surface area contributed by atoms with E-state index >= 15 is 0 Å². The quantitative estimate of drug-likeness (QED) is 0.315. The van der Waals surface area contributed by atoms with Crippen molar-refractivity contribution >= 4 is 28.2 Å². The molecule has 168 valence electrons. The standard InChI is InChI=1S/C28H28N2O2S/c1-28(2,3)19-13-14-24-22(15-19)25(21-11-7-8-12-23(21)30-24)27(31)32-16-20-17-33-26(29-20)18-9-5-4-6-10-18/h4-12,17,19H,13-16H2,1-3H3/t19-/m1/s1. The number of carbonyl (C=O) groups excluding carboxylic acids is 1. The zero-order valence-electron chi connectivity index (χ0n) is 19.3. The maximum Gasteiger partial charge on any atom is 0.339 e. The lowest BCUT2D eigenvalue weighted by Gasteiger charge is -2.35. The number of nitrogens with zero attached hydrogens (tertiary/aromatic N) is 2. The van der Waals surface area contributed by atoms with E-state index < -0.39 is 0 Å². The first-order chi connectivity index (χ1) is 15.9. The first-order valence-electron chi connectivity index (χ1n) is 11.5. The number of pyridine rings is 1. The van der Waals surface area contributed by atoms with Crippen molar-refractivity contribution in [3.63, 3.8) is 0 Å². The number of aryl methyl sites for hydroxylation is 1. The molecule has 4 aromatic rings. The highest BCUT2D eigenvalue weighted by Crippen LogP contribution is 2.39. The van der Waals surface area contributed by atoms with Crippen LogP contribution < -0.4 is 0 Å². The van der Waals surface area contributed by atoms with Gasteiger partial charge in [0.05, 0.1) is 16.8 Å². The Labute approximate surface area is 198 Å².